The number of nitrogens with one attached hydrogen (secondary N) is 3. The predicted octanol–water partition coefficient (Wildman–Crippen LogP) is 4.42. The van der Waals surface area contributed by atoms with Gasteiger partial charge in [0.2, 0.25) is 0 Å². The normalized spacial score (nSPS) is 11.7. The van der Waals surface area contributed by atoms with Crippen LogP contribution in [0.15, 0.2) is 55.0 Å². The van der Waals surface area contributed by atoms with E-state index in [1.807, 2.05) is 51.1 Å². The van der Waals surface area contributed by atoms with Crippen molar-refractivity contribution in [1.82, 2.24) is 24.7 Å². The summed E-state index contributed by atoms with van der Waals surface area (Å²) in [6, 6.07) is 12.9. The first-order valence-corrected chi connectivity index (χ1v) is 11.1. The van der Waals surface area contributed by atoms with Crippen LogP contribution < -0.4 is 16.0 Å². The van der Waals surface area contributed by atoms with Crippen LogP contribution in [0.4, 0.5) is 23.0 Å². The van der Waals surface area contributed by atoms with Gasteiger partial charge in [0.1, 0.15) is 18.0 Å². The number of anilines is 4. The third-order valence-electron chi connectivity index (χ3n) is 5.53. The van der Waals surface area contributed by atoms with Crippen LogP contribution in [0.3, 0.4) is 0 Å². The smallest absolute Gasteiger partial charge is 0.255 e. The van der Waals surface area contributed by atoms with E-state index in [0.29, 0.717) is 28.6 Å². The molecule has 1 aromatic carbocycles. The summed E-state index contributed by atoms with van der Waals surface area (Å²) < 4.78 is 7.03. The number of aromatic nitrogens is 5. The number of benzene rings is 1. The number of amides is 1. The molecule has 10 heteroatoms. The minimum atomic E-state index is -0.228. The van der Waals surface area contributed by atoms with E-state index in [-0.39, 0.29) is 12.0 Å². The van der Waals surface area contributed by atoms with Gasteiger partial charge in [-0.15, -0.1) is 0 Å². The van der Waals surface area contributed by atoms with Crippen LogP contribution in [-0.4, -0.2) is 44.8 Å². The number of aryl methyl sites for hydroxylation is 2. The lowest BCUT2D eigenvalue weighted by molar-refractivity contribution is 0.102. The number of carbonyl (C=O) groups excluding carboxylic acids is 1. The zero-order valence-corrected chi connectivity index (χ0v) is 20.3. The summed E-state index contributed by atoms with van der Waals surface area (Å²) in [7, 11) is 3.41. The fourth-order valence-corrected chi connectivity index (χ4v) is 3.47. The van der Waals surface area contributed by atoms with Crippen molar-refractivity contribution < 1.29 is 9.53 Å². The van der Waals surface area contributed by atoms with Crippen molar-refractivity contribution >= 4 is 28.9 Å². The summed E-state index contributed by atoms with van der Waals surface area (Å²) in [5.74, 6) is 1.82. The van der Waals surface area contributed by atoms with E-state index in [2.05, 4.69) is 36.0 Å². The monoisotopic (exact) mass is 472 g/mol. The van der Waals surface area contributed by atoms with Gasteiger partial charge < -0.3 is 20.7 Å². The van der Waals surface area contributed by atoms with Gasteiger partial charge in [-0.3, -0.25) is 9.78 Å². The Morgan fingerprint density at radius 2 is 1.89 bits per heavy atom. The molecule has 0 aliphatic heterocycles. The van der Waals surface area contributed by atoms with E-state index < -0.39 is 0 Å². The lowest BCUT2D eigenvalue weighted by Gasteiger charge is -2.14. The van der Waals surface area contributed by atoms with Gasteiger partial charge in [-0.25, -0.2) is 9.97 Å². The van der Waals surface area contributed by atoms with Crippen LogP contribution >= 0.6 is 0 Å². The van der Waals surface area contributed by atoms with E-state index >= 15 is 0 Å². The Labute approximate surface area is 203 Å². The molecule has 0 saturated carbocycles. The third kappa shape index (κ3) is 5.44. The molecule has 4 rings (SSSR count). The first kappa shape index (κ1) is 23.8. The summed E-state index contributed by atoms with van der Waals surface area (Å²) in [5.41, 5.74) is 4.52. The Morgan fingerprint density at radius 1 is 1.06 bits per heavy atom. The maximum Gasteiger partial charge on any atom is 0.255 e. The molecular formula is C25H28N8O2. The molecular weight excluding hydrogens is 444 g/mol. The highest BCUT2D eigenvalue weighted by molar-refractivity contribution is 6.04. The largest absolute Gasteiger partial charge is 0.375 e. The molecule has 35 heavy (non-hydrogen) atoms. The molecule has 3 aromatic heterocycles. The highest BCUT2D eigenvalue weighted by atomic mass is 16.5. The van der Waals surface area contributed by atoms with E-state index in [4.69, 9.17) is 4.74 Å². The predicted molar refractivity (Wildman–Crippen MR) is 136 cm³/mol. The van der Waals surface area contributed by atoms with E-state index in [9.17, 15) is 4.79 Å². The Kier molecular flexibility index (Phi) is 7.02. The highest BCUT2D eigenvalue weighted by Crippen LogP contribution is 2.27. The molecule has 3 N–H and O–H groups in total. The molecule has 0 aliphatic rings. The van der Waals surface area contributed by atoms with Gasteiger partial charge in [0.15, 0.2) is 5.82 Å². The molecule has 0 fully saturated rings. The maximum absolute atomic E-state index is 12.9. The fourth-order valence-electron chi connectivity index (χ4n) is 3.47. The van der Waals surface area contributed by atoms with Gasteiger partial charge in [-0.1, -0.05) is 6.07 Å². The molecule has 3 heterocycles. The summed E-state index contributed by atoms with van der Waals surface area (Å²) in [4.78, 5) is 25.7. The molecule has 180 valence electrons. The summed E-state index contributed by atoms with van der Waals surface area (Å²) in [5, 5.41) is 14.0. The molecule has 4 aromatic rings. The number of carbonyl (C=O) groups is 1. The standard InChI is InChI=1S/C25H28N8O2/c1-15-6-7-19(30-25(34)18-8-9-27-21(11-18)17(3)35-5)12-20(15)31-24-10-16(2)32-33(24)23-13-22(26-4)28-14-29-23/h6-14,17,31H,1-5H3,(H,30,34)(H,26,28,29). The zero-order valence-electron chi connectivity index (χ0n) is 20.3. The first-order valence-electron chi connectivity index (χ1n) is 11.1. The molecule has 0 saturated heterocycles. The van der Waals surface area contributed by atoms with Gasteiger partial charge in [-0.05, 0) is 50.6 Å². The van der Waals surface area contributed by atoms with E-state index in [1.165, 1.54) is 6.33 Å². The molecule has 0 spiro atoms. The number of hydrogen-bond acceptors (Lipinski definition) is 8. The summed E-state index contributed by atoms with van der Waals surface area (Å²) in [6.45, 7) is 5.79. The minimum Gasteiger partial charge on any atom is -0.375 e. The molecule has 1 amide bonds. The van der Waals surface area contributed by atoms with Crippen LogP contribution in [-0.2, 0) is 4.74 Å². The van der Waals surface area contributed by atoms with Crippen LogP contribution in [0.25, 0.3) is 5.82 Å². The van der Waals surface area contributed by atoms with Crippen molar-refractivity contribution in [3.8, 4) is 5.82 Å². The van der Waals surface area contributed by atoms with Gasteiger partial charge in [-0.2, -0.15) is 9.78 Å². The first-order chi connectivity index (χ1) is 16.9. The van der Waals surface area contributed by atoms with Gasteiger partial charge in [0, 0.05) is 49.4 Å². The lowest BCUT2D eigenvalue weighted by Crippen LogP contribution is -2.13. The number of rotatable bonds is 8. The Balaban J connectivity index is 1.58. The van der Waals surface area contributed by atoms with E-state index in [1.54, 1.807) is 37.2 Å². The molecule has 0 bridgehead atoms. The molecule has 0 aliphatic carbocycles. The second kappa shape index (κ2) is 10.3. The van der Waals surface area contributed by atoms with Crippen LogP contribution in [0.5, 0.6) is 0 Å². The van der Waals surface area contributed by atoms with Gasteiger partial charge >= 0.3 is 0 Å². The topological polar surface area (TPSA) is 119 Å². The van der Waals surface area contributed by atoms with Crippen molar-refractivity contribution in [2.24, 2.45) is 0 Å². The fraction of sp³-hybridized carbons (Fsp3) is 0.240. The number of pyridine rings is 1. The number of ether oxygens (including phenoxy) is 1. The SMILES string of the molecule is CNc1cc(-n2nc(C)cc2Nc2cc(NC(=O)c3ccnc(C(C)OC)c3)ccc2C)ncn1. The number of nitrogens with zero attached hydrogens (tertiary/aromatic N) is 5. The maximum atomic E-state index is 12.9. The molecule has 0 radical (unpaired) electrons. The average molecular weight is 473 g/mol. The van der Waals surface area contributed by atoms with E-state index in [0.717, 1.165) is 22.8 Å². The van der Waals surface area contributed by atoms with Crippen molar-refractivity contribution in [1.29, 1.82) is 0 Å². The average Bonchev–Trinajstić information content (AvgIpc) is 3.25. The van der Waals surface area contributed by atoms with Crippen molar-refractivity contribution in [3.63, 3.8) is 0 Å². The highest BCUT2D eigenvalue weighted by Gasteiger charge is 2.14. The third-order valence-corrected chi connectivity index (χ3v) is 5.53. The number of methoxy groups -OCH3 is 1. The van der Waals surface area contributed by atoms with Gasteiger partial charge in [0.25, 0.3) is 5.91 Å². The molecule has 1 unspecified atom stereocenters. The second-order valence-corrected chi connectivity index (χ2v) is 8.05. The Hall–Kier alpha value is -4.31. The van der Waals surface area contributed by atoms with Crippen LogP contribution in [0, 0.1) is 13.8 Å². The summed E-state index contributed by atoms with van der Waals surface area (Å²) >= 11 is 0. The molecule has 10 nitrogen and oxygen atoms in total. The minimum absolute atomic E-state index is 0.203. The Morgan fingerprint density at radius 3 is 2.66 bits per heavy atom. The molecule has 1 atom stereocenters. The van der Waals surface area contributed by atoms with Crippen LogP contribution in [0.1, 0.15) is 40.3 Å². The second-order valence-electron chi connectivity index (χ2n) is 8.05. The summed E-state index contributed by atoms with van der Waals surface area (Å²) in [6.07, 6.45) is 2.89. The quantitative estimate of drug-likeness (QED) is 0.345. The zero-order chi connectivity index (χ0) is 24.9. The van der Waals surface area contributed by atoms with Crippen molar-refractivity contribution in [2.75, 3.05) is 30.1 Å². The lowest BCUT2D eigenvalue weighted by atomic mass is 10.1. The Bertz CT molecular complexity index is 1350. The van der Waals surface area contributed by atoms with Crippen molar-refractivity contribution in [2.45, 2.75) is 26.9 Å². The van der Waals surface area contributed by atoms with Gasteiger partial charge in [0.05, 0.1) is 17.5 Å². The van der Waals surface area contributed by atoms with Crippen molar-refractivity contribution in [3.05, 3.63) is 77.5 Å². The number of hydrogen-bond donors (Lipinski definition) is 3. The van der Waals surface area contributed by atoms with Crippen LogP contribution in [0.2, 0.25) is 0 Å².